The molecule has 1 saturated heterocycles. The Labute approximate surface area is 126 Å². The van der Waals surface area contributed by atoms with Gasteiger partial charge in [-0.1, -0.05) is 6.92 Å². The summed E-state index contributed by atoms with van der Waals surface area (Å²) < 4.78 is 1.77. The zero-order valence-electron chi connectivity index (χ0n) is 12.2. The number of fused-ring (bicyclic) bond motifs is 1. The molecule has 0 radical (unpaired) electrons. The zero-order chi connectivity index (χ0) is 15.7. The summed E-state index contributed by atoms with van der Waals surface area (Å²) in [4.78, 5) is 40.0. The van der Waals surface area contributed by atoms with Gasteiger partial charge in [0.25, 0.3) is 0 Å². The first kappa shape index (κ1) is 14.2. The van der Waals surface area contributed by atoms with Crippen LogP contribution in [0.5, 0.6) is 0 Å². The maximum absolute atomic E-state index is 11.9. The van der Waals surface area contributed by atoms with E-state index in [9.17, 15) is 14.4 Å². The van der Waals surface area contributed by atoms with Gasteiger partial charge in [-0.25, -0.2) is 9.78 Å². The number of aromatic nitrogens is 2. The van der Waals surface area contributed by atoms with Crippen molar-refractivity contribution in [3.8, 4) is 0 Å². The van der Waals surface area contributed by atoms with E-state index in [0.717, 1.165) is 18.3 Å². The Bertz CT molecular complexity index is 752. The molecule has 2 aromatic rings. The van der Waals surface area contributed by atoms with Gasteiger partial charge >= 0.3 is 6.03 Å². The van der Waals surface area contributed by atoms with Crippen molar-refractivity contribution in [2.24, 2.45) is 0 Å². The lowest BCUT2D eigenvalue weighted by Crippen LogP contribution is -2.50. The molecule has 114 valence electrons. The molecule has 1 aliphatic heterocycles. The fourth-order valence-electron chi connectivity index (χ4n) is 2.61. The monoisotopic (exact) mass is 300 g/mol. The molecule has 1 fully saturated rings. The minimum absolute atomic E-state index is 0.152. The second-order valence-electron chi connectivity index (χ2n) is 5.21. The maximum atomic E-state index is 11.9. The van der Waals surface area contributed by atoms with E-state index in [1.807, 2.05) is 19.1 Å². The molecule has 1 N–H and O–H groups in total. The molecule has 2 aromatic heterocycles. The number of carbonyl (C=O) groups is 3. The molecule has 0 saturated carbocycles. The molecule has 3 amide bonds. The summed E-state index contributed by atoms with van der Waals surface area (Å²) >= 11 is 0. The largest absolute Gasteiger partial charge is 0.329 e. The van der Waals surface area contributed by atoms with Gasteiger partial charge in [-0.3, -0.25) is 19.4 Å². The molecule has 7 heteroatoms. The molecule has 0 spiro atoms. The van der Waals surface area contributed by atoms with Crippen LogP contribution in [-0.2, 0) is 9.59 Å². The first-order valence-corrected chi connectivity index (χ1v) is 7.17. The van der Waals surface area contributed by atoms with E-state index in [2.05, 4.69) is 10.3 Å². The second kappa shape index (κ2) is 5.59. The van der Waals surface area contributed by atoms with Gasteiger partial charge in [0.15, 0.2) is 0 Å². The number of rotatable bonds is 4. The first-order valence-electron chi connectivity index (χ1n) is 7.17. The number of hydrogen-bond donors (Lipinski definition) is 1. The van der Waals surface area contributed by atoms with Crippen molar-refractivity contribution in [3.05, 3.63) is 30.1 Å². The van der Waals surface area contributed by atoms with Gasteiger partial charge in [-0.2, -0.15) is 0 Å². The summed E-state index contributed by atoms with van der Waals surface area (Å²) in [6.45, 7) is 2.28. The van der Waals surface area contributed by atoms with Crippen LogP contribution in [0.2, 0.25) is 0 Å². The van der Waals surface area contributed by atoms with Gasteiger partial charge in [0.2, 0.25) is 5.91 Å². The third kappa shape index (κ3) is 2.34. The van der Waals surface area contributed by atoms with Crippen LogP contribution in [0, 0.1) is 0 Å². The van der Waals surface area contributed by atoms with Crippen LogP contribution in [0.1, 0.15) is 31.2 Å². The van der Waals surface area contributed by atoms with E-state index in [0.29, 0.717) is 18.0 Å². The number of nitrogens with zero attached hydrogens (tertiary/aromatic N) is 3. The van der Waals surface area contributed by atoms with Crippen molar-refractivity contribution in [3.63, 3.8) is 0 Å². The summed E-state index contributed by atoms with van der Waals surface area (Å²) in [6, 6.07) is 3.26. The summed E-state index contributed by atoms with van der Waals surface area (Å²) in [5.74, 6) is 0.181. The zero-order valence-corrected chi connectivity index (χ0v) is 12.2. The molecule has 7 nitrogen and oxygen atoms in total. The number of pyridine rings is 1. The van der Waals surface area contributed by atoms with Crippen molar-refractivity contribution < 1.29 is 14.4 Å². The van der Waals surface area contributed by atoms with Crippen LogP contribution >= 0.6 is 0 Å². The molecule has 1 unspecified atom stereocenters. The number of carbonyl (C=O) groups excluding carboxylic acids is 3. The molecule has 0 aliphatic carbocycles. The van der Waals surface area contributed by atoms with Crippen LogP contribution < -0.4 is 10.2 Å². The number of amides is 3. The number of hydrogen-bond acceptors (Lipinski definition) is 4. The van der Waals surface area contributed by atoms with E-state index < -0.39 is 6.03 Å². The summed E-state index contributed by atoms with van der Waals surface area (Å²) in [7, 11) is 0. The number of anilines is 1. The average Bonchev–Trinajstić information content (AvgIpc) is 2.92. The fourth-order valence-corrected chi connectivity index (χ4v) is 2.61. The minimum atomic E-state index is -0.443. The van der Waals surface area contributed by atoms with Gasteiger partial charge in [-0.05, 0) is 24.1 Å². The molecule has 1 atom stereocenters. The summed E-state index contributed by atoms with van der Waals surface area (Å²) in [6.07, 6.45) is 5.31. The van der Waals surface area contributed by atoms with E-state index in [-0.39, 0.29) is 18.2 Å². The summed E-state index contributed by atoms with van der Waals surface area (Å²) in [5.41, 5.74) is 1.57. The number of nitrogens with one attached hydrogen (secondary N) is 1. The second-order valence-corrected chi connectivity index (χ2v) is 5.21. The minimum Gasteiger partial charge on any atom is -0.303 e. The highest BCUT2D eigenvalue weighted by atomic mass is 16.2. The van der Waals surface area contributed by atoms with Crippen LogP contribution in [-0.4, -0.2) is 34.2 Å². The molecule has 0 bridgehead atoms. The van der Waals surface area contributed by atoms with E-state index in [1.54, 1.807) is 16.8 Å². The third-order valence-electron chi connectivity index (χ3n) is 3.88. The van der Waals surface area contributed by atoms with Gasteiger partial charge < -0.3 is 4.79 Å². The molecule has 3 heterocycles. The van der Waals surface area contributed by atoms with Crippen LogP contribution in [0.25, 0.3) is 5.65 Å². The van der Waals surface area contributed by atoms with Crippen LogP contribution in [0.4, 0.5) is 10.6 Å². The average molecular weight is 300 g/mol. The smallest absolute Gasteiger partial charge is 0.303 e. The van der Waals surface area contributed by atoms with Gasteiger partial charge in [0.1, 0.15) is 17.8 Å². The van der Waals surface area contributed by atoms with E-state index in [1.165, 1.54) is 4.90 Å². The highest BCUT2D eigenvalue weighted by Gasteiger charge is 2.26. The third-order valence-corrected chi connectivity index (χ3v) is 3.88. The molecule has 3 rings (SSSR count). The predicted octanol–water partition coefficient (Wildman–Crippen LogP) is 1.47. The lowest BCUT2D eigenvalue weighted by atomic mass is 9.99. The molecule has 1 aliphatic rings. The number of aldehydes is 1. The highest BCUT2D eigenvalue weighted by molar-refractivity contribution is 6.05. The normalized spacial score (nSPS) is 16.7. The topological polar surface area (TPSA) is 83.8 Å². The number of imide groups is 1. The Hall–Kier alpha value is -2.70. The Morgan fingerprint density at radius 1 is 1.45 bits per heavy atom. The van der Waals surface area contributed by atoms with Crippen molar-refractivity contribution >= 4 is 29.7 Å². The molecule has 0 aromatic carbocycles. The molecular formula is C15H16N4O3. The number of urea groups is 1. The lowest BCUT2D eigenvalue weighted by Gasteiger charge is -2.25. The quantitative estimate of drug-likeness (QED) is 0.867. The molecular weight excluding hydrogens is 284 g/mol. The standard InChI is InChI=1S/C15H16N4O3/c1-2-10(9-20)11-3-5-18-12(7-11)16-8-14(18)19-6-4-13(21)17-15(19)22/h3,5,7-10H,2,4,6H2,1H3,(H,17,21,22). The maximum Gasteiger partial charge on any atom is 0.329 e. The Kier molecular flexibility index (Phi) is 3.62. The predicted molar refractivity (Wildman–Crippen MR) is 79.8 cm³/mol. The Morgan fingerprint density at radius 3 is 2.95 bits per heavy atom. The van der Waals surface area contributed by atoms with Gasteiger partial charge in [-0.15, -0.1) is 0 Å². The SMILES string of the molecule is CCC(C=O)c1ccn2c(N3CCC(=O)NC3=O)cnc2c1. The van der Waals surface area contributed by atoms with Crippen molar-refractivity contribution in [1.29, 1.82) is 0 Å². The Balaban J connectivity index is 1.97. The van der Waals surface area contributed by atoms with Gasteiger partial charge in [0, 0.05) is 25.1 Å². The lowest BCUT2D eigenvalue weighted by molar-refractivity contribution is -0.120. The summed E-state index contributed by atoms with van der Waals surface area (Å²) in [5, 5.41) is 2.29. The van der Waals surface area contributed by atoms with Crippen LogP contribution in [0.3, 0.4) is 0 Å². The van der Waals surface area contributed by atoms with E-state index in [4.69, 9.17) is 0 Å². The van der Waals surface area contributed by atoms with Crippen molar-refractivity contribution in [1.82, 2.24) is 14.7 Å². The fraction of sp³-hybridized carbons (Fsp3) is 0.333. The van der Waals surface area contributed by atoms with Crippen molar-refractivity contribution in [2.45, 2.75) is 25.7 Å². The van der Waals surface area contributed by atoms with Crippen LogP contribution in [0.15, 0.2) is 24.5 Å². The Morgan fingerprint density at radius 2 is 2.27 bits per heavy atom. The highest BCUT2D eigenvalue weighted by Crippen LogP contribution is 2.23. The van der Waals surface area contributed by atoms with Crippen molar-refractivity contribution in [2.75, 3.05) is 11.4 Å². The van der Waals surface area contributed by atoms with E-state index >= 15 is 0 Å². The number of imidazole rings is 1. The first-order chi connectivity index (χ1) is 10.6. The van der Waals surface area contributed by atoms with Gasteiger partial charge in [0.05, 0.1) is 6.20 Å². The molecule has 22 heavy (non-hydrogen) atoms.